The van der Waals surface area contributed by atoms with Crippen LogP contribution < -0.4 is 10.2 Å². The molecule has 0 amide bonds. The first-order chi connectivity index (χ1) is 11.2. The number of anilines is 2. The summed E-state index contributed by atoms with van der Waals surface area (Å²) in [5.74, 6) is 0.689. The predicted octanol–water partition coefficient (Wildman–Crippen LogP) is 3.99. The molecule has 2 heterocycles. The van der Waals surface area contributed by atoms with Gasteiger partial charge < -0.3 is 10.2 Å². The maximum atomic E-state index is 4.26. The Hall–Kier alpha value is -2.10. The Bertz CT molecular complexity index is 650. The normalized spacial score (nSPS) is 15.5. The first-order valence-electron chi connectivity index (χ1n) is 8.62. The van der Waals surface area contributed by atoms with Crippen molar-refractivity contribution >= 4 is 11.6 Å². The lowest BCUT2D eigenvalue weighted by Gasteiger charge is -2.29. The van der Waals surface area contributed by atoms with Crippen LogP contribution in [0, 0.1) is 0 Å². The van der Waals surface area contributed by atoms with Gasteiger partial charge in [-0.15, -0.1) is 0 Å². The molecule has 23 heavy (non-hydrogen) atoms. The van der Waals surface area contributed by atoms with E-state index in [1.54, 1.807) is 12.4 Å². The molecular formula is C19H26N4. The molecule has 1 aliphatic heterocycles. The van der Waals surface area contributed by atoms with E-state index >= 15 is 0 Å². The van der Waals surface area contributed by atoms with E-state index in [0.29, 0.717) is 5.95 Å². The van der Waals surface area contributed by atoms with Crippen LogP contribution in [-0.4, -0.2) is 23.1 Å². The van der Waals surface area contributed by atoms with Crippen molar-refractivity contribution in [3.63, 3.8) is 0 Å². The SMILES string of the molecule is CCN1CC(CC)(CC)c2c(CNc3ncccn3)cccc21. The third kappa shape index (κ3) is 2.78. The average molecular weight is 310 g/mol. The molecule has 1 aromatic carbocycles. The zero-order chi connectivity index (χ0) is 16.3. The first-order valence-corrected chi connectivity index (χ1v) is 8.62. The fraction of sp³-hybridized carbons (Fsp3) is 0.474. The molecule has 0 unspecified atom stereocenters. The molecule has 0 atom stereocenters. The molecule has 0 saturated carbocycles. The smallest absolute Gasteiger partial charge is 0.222 e. The number of hydrogen-bond donors (Lipinski definition) is 1. The summed E-state index contributed by atoms with van der Waals surface area (Å²) in [6, 6.07) is 8.53. The summed E-state index contributed by atoms with van der Waals surface area (Å²) in [5.41, 5.74) is 4.57. The second-order valence-electron chi connectivity index (χ2n) is 6.24. The maximum absolute atomic E-state index is 4.26. The van der Waals surface area contributed by atoms with Crippen molar-refractivity contribution in [2.75, 3.05) is 23.3 Å². The van der Waals surface area contributed by atoms with Crippen LogP contribution in [0.5, 0.6) is 0 Å². The Balaban J connectivity index is 1.95. The zero-order valence-electron chi connectivity index (χ0n) is 14.3. The molecule has 1 N–H and O–H groups in total. The molecule has 0 aliphatic carbocycles. The molecule has 0 fully saturated rings. The standard InChI is InChI=1S/C19H26N4/c1-4-19(5-2)14-23(6-3)16-10-7-9-15(17(16)19)13-22-18-20-11-8-12-21-18/h7-12H,4-6,13-14H2,1-3H3,(H,20,21,22). The number of benzene rings is 1. The van der Waals surface area contributed by atoms with E-state index < -0.39 is 0 Å². The second-order valence-corrected chi connectivity index (χ2v) is 6.24. The minimum Gasteiger partial charge on any atom is -0.371 e. The second kappa shape index (κ2) is 6.57. The number of hydrogen-bond acceptors (Lipinski definition) is 4. The molecule has 122 valence electrons. The monoisotopic (exact) mass is 310 g/mol. The fourth-order valence-corrected chi connectivity index (χ4v) is 3.81. The summed E-state index contributed by atoms with van der Waals surface area (Å²) < 4.78 is 0. The number of nitrogens with zero attached hydrogens (tertiary/aromatic N) is 3. The highest BCUT2D eigenvalue weighted by atomic mass is 15.2. The van der Waals surface area contributed by atoms with Gasteiger partial charge in [0.05, 0.1) is 0 Å². The number of aromatic nitrogens is 2. The predicted molar refractivity (Wildman–Crippen MR) is 95.9 cm³/mol. The van der Waals surface area contributed by atoms with E-state index in [2.05, 4.69) is 59.2 Å². The highest BCUT2D eigenvalue weighted by Gasteiger charge is 2.40. The van der Waals surface area contributed by atoms with Gasteiger partial charge in [0, 0.05) is 43.1 Å². The largest absolute Gasteiger partial charge is 0.371 e. The van der Waals surface area contributed by atoms with Gasteiger partial charge in [0.15, 0.2) is 0 Å². The quantitative estimate of drug-likeness (QED) is 0.876. The van der Waals surface area contributed by atoms with Crippen molar-refractivity contribution in [2.24, 2.45) is 0 Å². The Labute approximate surface area is 139 Å². The summed E-state index contributed by atoms with van der Waals surface area (Å²) in [4.78, 5) is 11.0. The minimum absolute atomic E-state index is 0.265. The van der Waals surface area contributed by atoms with E-state index in [0.717, 1.165) is 19.6 Å². The maximum Gasteiger partial charge on any atom is 0.222 e. The Kier molecular flexibility index (Phi) is 4.51. The lowest BCUT2D eigenvalue weighted by Crippen LogP contribution is -2.32. The van der Waals surface area contributed by atoms with Crippen LogP contribution in [0.25, 0.3) is 0 Å². The molecule has 1 aromatic heterocycles. The van der Waals surface area contributed by atoms with Crippen LogP contribution in [0.3, 0.4) is 0 Å². The summed E-state index contributed by atoms with van der Waals surface area (Å²) in [7, 11) is 0. The van der Waals surface area contributed by atoms with E-state index in [1.807, 2.05) is 6.07 Å². The van der Waals surface area contributed by atoms with Gasteiger partial charge in [-0.05, 0) is 43.0 Å². The highest BCUT2D eigenvalue weighted by molar-refractivity contribution is 5.65. The molecule has 0 bridgehead atoms. The highest BCUT2D eigenvalue weighted by Crippen LogP contribution is 2.46. The molecular weight excluding hydrogens is 284 g/mol. The van der Waals surface area contributed by atoms with Crippen molar-refractivity contribution in [1.82, 2.24) is 9.97 Å². The Morgan fingerprint density at radius 3 is 2.48 bits per heavy atom. The van der Waals surface area contributed by atoms with Crippen molar-refractivity contribution in [2.45, 2.75) is 45.6 Å². The average Bonchev–Trinajstić information content (AvgIpc) is 2.96. The van der Waals surface area contributed by atoms with Gasteiger partial charge in [0.25, 0.3) is 0 Å². The van der Waals surface area contributed by atoms with Crippen LogP contribution >= 0.6 is 0 Å². The van der Waals surface area contributed by atoms with Gasteiger partial charge in [-0.2, -0.15) is 0 Å². The summed E-state index contributed by atoms with van der Waals surface area (Å²) >= 11 is 0. The Morgan fingerprint density at radius 2 is 1.83 bits per heavy atom. The molecule has 4 heteroatoms. The zero-order valence-corrected chi connectivity index (χ0v) is 14.3. The van der Waals surface area contributed by atoms with Gasteiger partial charge in [0.1, 0.15) is 0 Å². The molecule has 0 radical (unpaired) electrons. The van der Waals surface area contributed by atoms with Gasteiger partial charge in [-0.1, -0.05) is 26.0 Å². The van der Waals surface area contributed by atoms with E-state index in [1.165, 1.54) is 29.7 Å². The Morgan fingerprint density at radius 1 is 1.09 bits per heavy atom. The van der Waals surface area contributed by atoms with Gasteiger partial charge in [-0.3, -0.25) is 0 Å². The number of rotatable bonds is 6. The van der Waals surface area contributed by atoms with Crippen molar-refractivity contribution in [1.29, 1.82) is 0 Å². The van der Waals surface area contributed by atoms with E-state index in [4.69, 9.17) is 0 Å². The lowest BCUT2D eigenvalue weighted by molar-refractivity contribution is 0.418. The molecule has 0 spiro atoms. The molecule has 0 saturated heterocycles. The van der Waals surface area contributed by atoms with Crippen LogP contribution in [0.15, 0.2) is 36.7 Å². The number of likely N-dealkylation sites (N-methyl/N-ethyl adjacent to an activating group) is 1. The van der Waals surface area contributed by atoms with Crippen LogP contribution in [0.4, 0.5) is 11.6 Å². The molecule has 1 aliphatic rings. The van der Waals surface area contributed by atoms with Crippen molar-refractivity contribution in [3.8, 4) is 0 Å². The lowest BCUT2D eigenvalue weighted by atomic mass is 9.75. The van der Waals surface area contributed by atoms with Crippen molar-refractivity contribution in [3.05, 3.63) is 47.8 Å². The first kappa shape index (κ1) is 15.8. The minimum atomic E-state index is 0.265. The molecule has 4 nitrogen and oxygen atoms in total. The number of fused-ring (bicyclic) bond motifs is 1. The topological polar surface area (TPSA) is 41.0 Å². The summed E-state index contributed by atoms with van der Waals surface area (Å²) in [6.45, 7) is 9.84. The van der Waals surface area contributed by atoms with Gasteiger partial charge in [-0.25, -0.2) is 9.97 Å². The third-order valence-electron chi connectivity index (χ3n) is 5.23. The summed E-state index contributed by atoms with van der Waals surface area (Å²) in [6.07, 6.45) is 5.88. The van der Waals surface area contributed by atoms with E-state index in [-0.39, 0.29) is 5.41 Å². The van der Waals surface area contributed by atoms with Crippen LogP contribution in [-0.2, 0) is 12.0 Å². The third-order valence-corrected chi connectivity index (χ3v) is 5.23. The van der Waals surface area contributed by atoms with Crippen molar-refractivity contribution < 1.29 is 0 Å². The molecule has 3 rings (SSSR count). The van der Waals surface area contributed by atoms with Gasteiger partial charge in [0.2, 0.25) is 5.95 Å². The molecule has 2 aromatic rings. The van der Waals surface area contributed by atoms with Crippen LogP contribution in [0.1, 0.15) is 44.7 Å². The number of nitrogens with one attached hydrogen (secondary N) is 1. The van der Waals surface area contributed by atoms with E-state index in [9.17, 15) is 0 Å². The fourth-order valence-electron chi connectivity index (χ4n) is 3.81. The van der Waals surface area contributed by atoms with Crippen LogP contribution in [0.2, 0.25) is 0 Å². The summed E-state index contributed by atoms with van der Waals surface area (Å²) in [5, 5.41) is 3.37. The van der Waals surface area contributed by atoms with Gasteiger partial charge >= 0.3 is 0 Å².